The molecule has 0 saturated carbocycles. The third kappa shape index (κ3) is 6.27. The molecule has 0 fully saturated rings. The van der Waals surface area contributed by atoms with Gasteiger partial charge in [-0.1, -0.05) is 6.07 Å². The Kier molecular flexibility index (Phi) is 8.82. The molecular formula is C33H34N2O6. The number of hydrogen-bond donors (Lipinski definition) is 2. The van der Waals surface area contributed by atoms with E-state index in [1.807, 2.05) is 51.1 Å². The predicted octanol–water partition coefficient (Wildman–Crippen LogP) is 6.82. The van der Waals surface area contributed by atoms with Crippen LogP contribution in [0.15, 0.2) is 66.7 Å². The summed E-state index contributed by atoms with van der Waals surface area (Å²) in [6.07, 6.45) is 0. The zero-order chi connectivity index (χ0) is 29.7. The first kappa shape index (κ1) is 29.0. The van der Waals surface area contributed by atoms with E-state index in [-0.39, 0.29) is 11.8 Å². The van der Waals surface area contributed by atoms with Gasteiger partial charge in [-0.2, -0.15) is 0 Å². The van der Waals surface area contributed by atoms with Crippen LogP contribution < -0.4 is 29.6 Å². The summed E-state index contributed by atoms with van der Waals surface area (Å²) in [6.45, 7) is 5.88. The largest absolute Gasteiger partial charge is 0.493 e. The molecule has 2 N–H and O–H groups in total. The molecular weight excluding hydrogens is 520 g/mol. The molecule has 0 aliphatic rings. The number of aryl methyl sites for hydroxylation is 3. The van der Waals surface area contributed by atoms with E-state index >= 15 is 0 Å². The van der Waals surface area contributed by atoms with Crippen LogP contribution in [0.4, 0.5) is 11.4 Å². The number of benzene rings is 4. The van der Waals surface area contributed by atoms with E-state index in [0.717, 1.165) is 33.5 Å². The Bertz CT molecular complexity index is 1590. The molecule has 0 atom stereocenters. The maximum Gasteiger partial charge on any atom is 0.255 e. The van der Waals surface area contributed by atoms with Crippen LogP contribution >= 0.6 is 0 Å². The highest BCUT2D eigenvalue weighted by Gasteiger charge is 2.16. The van der Waals surface area contributed by atoms with Crippen molar-refractivity contribution in [1.29, 1.82) is 0 Å². The maximum absolute atomic E-state index is 13.0. The number of nitrogens with one attached hydrogen (secondary N) is 2. The summed E-state index contributed by atoms with van der Waals surface area (Å²) in [7, 11) is 6.17. The number of methoxy groups -OCH3 is 4. The van der Waals surface area contributed by atoms with Crippen molar-refractivity contribution in [2.24, 2.45) is 0 Å². The Morgan fingerprint density at radius 3 is 1.44 bits per heavy atom. The Hall–Kier alpha value is -4.98. The molecule has 8 heteroatoms. The zero-order valence-electron chi connectivity index (χ0n) is 24.3. The molecule has 0 aliphatic carbocycles. The first-order valence-corrected chi connectivity index (χ1v) is 13.0. The molecule has 212 valence electrons. The number of rotatable bonds is 9. The topological polar surface area (TPSA) is 95.1 Å². The Morgan fingerprint density at radius 2 is 0.976 bits per heavy atom. The molecule has 0 unspecified atom stereocenters. The monoisotopic (exact) mass is 554 g/mol. The number of anilines is 2. The van der Waals surface area contributed by atoms with Gasteiger partial charge in [-0.25, -0.2) is 0 Å². The van der Waals surface area contributed by atoms with Crippen LogP contribution in [-0.4, -0.2) is 40.3 Å². The van der Waals surface area contributed by atoms with Crippen LogP contribution in [0.3, 0.4) is 0 Å². The summed E-state index contributed by atoms with van der Waals surface area (Å²) in [4.78, 5) is 25.9. The van der Waals surface area contributed by atoms with Crippen molar-refractivity contribution >= 4 is 23.2 Å². The molecule has 41 heavy (non-hydrogen) atoms. The zero-order valence-corrected chi connectivity index (χ0v) is 24.3. The van der Waals surface area contributed by atoms with Crippen molar-refractivity contribution in [1.82, 2.24) is 0 Å². The van der Waals surface area contributed by atoms with Gasteiger partial charge in [0, 0.05) is 22.5 Å². The van der Waals surface area contributed by atoms with Crippen LogP contribution in [-0.2, 0) is 0 Å². The highest BCUT2D eigenvalue weighted by Crippen LogP contribution is 2.33. The van der Waals surface area contributed by atoms with Crippen molar-refractivity contribution < 1.29 is 28.5 Å². The van der Waals surface area contributed by atoms with Gasteiger partial charge in [0.05, 0.1) is 28.4 Å². The molecule has 0 radical (unpaired) electrons. The summed E-state index contributed by atoms with van der Waals surface area (Å²) < 4.78 is 21.2. The van der Waals surface area contributed by atoms with Gasteiger partial charge in [-0.15, -0.1) is 0 Å². The molecule has 0 aliphatic heterocycles. The Morgan fingerprint density at radius 1 is 0.512 bits per heavy atom. The second kappa shape index (κ2) is 12.5. The molecule has 0 spiro atoms. The van der Waals surface area contributed by atoms with E-state index in [1.54, 1.807) is 50.6 Å². The van der Waals surface area contributed by atoms with Crippen LogP contribution in [0.1, 0.15) is 37.4 Å². The lowest BCUT2D eigenvalue weighted by Gasteiger charge is -2.16. The van der Waals surface area contributed by atoms with Gasteiger partial charge in [0.15, 0.2) is 23.0 Å². The van der Waals surface area contributed by atoms with Crippen LogP contribution in [0, 0.1) is 20.8 Å². The van der Waals surface area contributed by atoms with Gasteiger partial charge in [-0.3, -0.25) is 9.59 Å². The van der Waals surface area contributed by atoms with E-state index in [2.05, 4.69) is 10.6 Å². The first-order chi connectivity index (χ1) is 19.7. The fraction of sp³-hybridized carbons (Fsp3) is 0.212. The summed E-state index contributed by atoms with van der Waals surface area (Å²) in [5.74, 6) is 1.60. The van der Waals surface area contributed by atoms with E-state index in [9.17, 15) is 9.59 Å². The summed E-state index contributed by atoms with van der Waals surface area (Å²) in [5, 5.41) is 6.01. The van der Waals surface area contributed by atoms with Crippen molar-refractivity contribution in [2.45, 2.75) is 20.8 Å². The van der Waals surface area contributed by atoms with Gasteiger partial charge >= 0.3 is 0 Å². The minimum Gasteiger partial charge on any atom is -0.493 e. The fourth-order valence-corrected chi connectivity index (χ4v) is 4.65. The second-order valence-corrected chi connectivity index (χ2v) is 9.56. The molecule has 4 aromatic carbocycles. The van der Waals surface area contributed by atoms with E-state index < -0.39 is 0 Å². The molecule has 0 saturated heterocycles. The lowest BCUT2D eigenvalue weighted by molar-refractivity contribution is 0.101. The molecule has 4 aromatic rings. The molecule has 4 rings (SSSR count). The second-order valence-electron chi connectivity index (χ2n) is 9.56. The summed E-state index contributed by atoms with van der Waals surface area (Å²) in [6, 6.07) is 20.1. The molecule has 2 amide bonds. The van der Waals surface area contributed by atoms with E-state index in [4.69, 9.17) is 18.9 Å². The van der Waals surface area contributed by atoms with Crippen molar-refractivity contribution in [3.8, 4) is 34.1 Å². The summed E-state index contributed by atoms with van der Waals surface area (Å²) >= 11 is 0. The standard InChI is InChI=1S/C33H34N2O6/c1-19-14-22(8-11-26(19)34-32(36)23-9-12-27(38-4)29(17-23)40-6)25-15-20(2)31(21(3)16-25)35-33(37)24-10-13-28(39-5)30(18-24)41-7/h8-18H,1-7H3,(H,34,36)(H,35,37). The lowest BCUT2D eigenvalue weighted by Crippen LogP contribution is -2.14. The number of carbonyl (C=O) groups is 2. The van der Waals surface area contributed by atoms with Crippen molar-refractivity contribution in [3.05, 3.63) is 94.5 Å². The number of amides is 2. The van der Waals surface area contributed by atoms with Gasteiger partial charge in [0.2, 0.25) is 0 Å². The predicted molar refractivity (Wildman–Crippen MR) is 161 cm³/mol. The normalized spacial score (nSPS) is 10.5. The van der Waals surface area contributed by atoms with Gasteiger partial charge in [0.25, 0.3) is 11.8 Å². The van der Waals surface area contributed by atoms with Gasteiger partial charge in [-0.05, 0) is 109 Å². The highest BCUT2D eigenvalue weighted by atomic mass is 16.5. The third-order valence-corrected chi connectivity index (χ3v) is 6.87. The molecule has 0 heterocycles. The SMILES string of the molecule is COc1ccc(C(=O)Nc2ccc(-c3cc(C)c(NC(=O)c4ccc(OC)c(OC)c4)c(C)c3)cc2C)cc1OC. The van der Waals surface area contributed by atoms with Crippen molar-refractivity contribution in [2.75, 3.05) is 39.1 Å². The van der Waals surface area contributed by atoms with Crippen LogP contribution in [0.2, 0.25) is 0 Å². The van der Waals surface area contributed by atoms with Gasteiger partial charge < -0.3 is 29.6 Å². The number of carbonyl (C=O) groups excluding carboxylic acids is 2. The quantitative estimate of drug-likeness (QED) is 0.236. The molecule has 8 nitrogen and oxygen atoms in total. The highest BCUT2D eigenvalue weighted by molar-refractivity contribution is 6.06. The van der Waals surface area contributed by atoms with Crippen LogP contribution in [0.5, 0.6) is 23.0 Å². The van der Waals surface area contributed by atoms with Crippen LogP contribution in [0.25, 0.3) is 11.1 Å². The smallest absolute Gasteiger partial charge is 0.255 e. The van der Waals surface area contributed by atoms with E-state index in [1.165, 1.54) is 14.2 Å². The molecule has 0 aromatic heterocycles. The summed E-state index contributed by atoms with van der Waals surface area (Å²) in [5.41, 5.74) is 7.16. The minimum absolute atomic E-state index is 0.240. The average molecular weight is 555 g/mol. The maximum atomic E-state index is 13.0. The lowest BCUT2D eigenvalue weighted by atomic mass is 9.97. The van der Waals surface area contributed by atoms with Crippen molar-refractivity contribution in [3.63, 3.8) is 0 Å². The third-order valence-electron chi connectivity index (χ3n) is 6.87. The average Bonchev–Trinajstić information content (AvgIpc) is 2.98. The number of ether oxygens (including phenoxy) is 4. The Labute approximate surface area is 240 Å². The molecule has 0 bridgehead atoms. The number of hydrogen-bond acceptors (Lipinski definition) is 6. The van der Waals surface area contributed by atoms with Gasteiger partial charge in [0.1, 0.15) is 0 Å². The van der Waals surface area contributed by atoms with E-state index in [0.29, 0.717) is 39.8 Å². The minimum atomic E-state index is -0.247. The first-order valence-electron chi connectivity index (χ1n) is 13.0. The Balaban J connectivity index is 1.52. The fourth-order valence-electron chi connectivity index (χ4n) is 4.65.